The molecule has 0 saturated carbocycles. The van der Waals surface area contributed by atoms with Crippen molar-refractivity contribution in [3.05, 3.63) is 59.9 Å². The van der Waals surface area contributed by atoms with Gasteiger partial charge in [0.25, 0.3) is 5.89 Å². The first-order chi connectivity index (χ1) is 17.2. The van der Waals surface area contributed by atoms with Crippen LogP contribution in [0.15, 0.2) is 53.2 Å². The molecule has 0 unspecified atom stereocenters. The Hall–Kier alpha value is -3.93. The van der Waals surface area contributed by atoms with Crippen LogP contribution in [0.4, 0.5) is 19.0 Å². The molecule has 0 atom stereocenters. The molecule has 0 saturated heterocycles. The van der Waals surface area contributed by atoms with E-state index in [0.717, 1.165) is 36.6 Å². The SMILES string of the molecule is Cc1cc(-c2nc(-c3ccc(OC(F)(F)F)cc3)no2)nn1Cc1ccc(NCCCN(C)C)nc1. The van der Waals surface area contributed by atoms with Gasteiger partial charge in [0.15, 0.2) is 5.69 Å². The van der Waals surface area contributed by atoms with Crippen molar-refractivity contribution in [3.63, 3.8) is 0 Å². The zero-order valence-electron chi connectivity index (χ0n) is 20.1. The summed E-state index contributed by atoms with van der Waals surface area (Å²) in [5, 5.41) is 11.8. The number of benzene rings is 1. The Morgan fingerprint density at radius 3 is 2.56 bits per heavy atom. The van der Waals surface area contributed by atoms with E-state index < -0.39 is 6.36 Å². The summed E-state index contributed by atoms with van der Waals surface area (Å²) < 4.78 is 48.1. The fourth-order valence-corrected chi connectivity index (χ4v) is 3.43. The first-order valence-electron chi connectivity index (χ1n) is 11.2. The number of anilines is 1. The molecule has 0 spiro atoms. The van der Waals surface area contributed by atoms with Crippen molar-refractivity contribution in [1.29, 1.82) is 0 Å². The van der Waals surface area contributed by atoms with Gasteiger partial charge in [-0.15, -0.1) is 13.2 Å². The number of ether oxygens (including phenoxy) is 1. The average Bonchev–Trinajstić information content (AvgIpc) is 3.44. The molecule has 4 aromatic rings. The quantitative estimate of drug-likeness (QED) is 0.315. The Kier molecular flexibility index (Phi) is 7.53. The van der Waals surface area contributed by atoms with Crippen molar-refractivity contribution in [2.75, 3.05) is 32.5 Å². The first-order valence-corrected chi connectivity index (χ1v) is 11.2. The maximum absolute atomic E-state index is 12.3. The smallest absolute Gasteiger partial charge is 0.406 e. The lowest BCUT2D eigenvalue weighted by Gasteiger charge is -2.10. The number of halogens is 3. The van der Waals surface area contributed by atoms with Crippen LogP contribution in [0.25, 0.3) is 23.0 Å². The molecule has 190 valence electrons. The van der Waals surface area contributed by atoms with E-state index in [2.05, 4.69) is 35.2 Å². The zero-order chi connectivity index (χ0) is 25.7. The second kappa shape index (κ2) is 10.8. The molecule has 0 aliphatic heterocycles. The molecule has 0 aliphatic carbocycles. The predicted octanol–water partition coefficient (Wildman–Crippen LogP) is 4.61. The highest BCUT2D eigenvalue weighted by Gasteiger charge is 2.31. The summed E-state index contributed by atoms with van der Waals surface area (Å²) in [4.78, 5) is 10.9. The van der Waals surface area contributed by atoms with Gasteiger partial charge in [0.2, 0.25) is 5.82 Å². The van der Waals surface area contributed by atoms with Gasteiger partial charge in [0.1, 0.15) is 11.6 Å². The van der Waals surface area contributed by atoms with Crippen molar-refractivity contribution in [3.8, 4) is 28.7 Å². The maximum atomic E-state index is 12.3. The van der Waals surface area contributed by atoms with Crippen molar-refractivity contribution in [2.45, 2.75) is 26.3 Å². The summed E-state index contributed by atoms with van der Waals surface area (Å²) in [6, 6.07) is 11.0. The summed E-state index contributed by atoms with van der Waals surface area (Å²) in [5.74, 6) is 0.935. The number of alkyl halides is 3. The molecule has 3 aromatic heterocycles. The molecule has 0 aliphatic rings. The highest BCUT2D eigenvalue weighted by molar-refractivity contribution is 5.59. The van der Waals surface area contributed by atoms with Crippen molar-refractivity contribution in [1.82, 2.24) is 29.8 Å². The number of pyridine rings is 1. The van der Waals surface area contributed by atoms with Crippen LogP contribution in [0.3, 0.4) is 0 Å². The minimum atomic E-state index is -4.75. The molecule has 1 N–H and O–H groups in total. The van der Waals surface area contributed by atoms with Gasteiger partial charge in [-0.2, -0.15) is 10.1 Å². The molecule has 0 bridgehead atoms. The van der Waals surface area contributed by atoms with Crippen LogP contribution in [-0.2, 0) is 6.54 Å². The van der Waals surface area contributed by atoms with Crippen LogP contribution < -0.4 is 10.1 Å². The lowest BCUT2D eigenvalue weighted by molar-refractivity contribution is -0.274. The van der Waals surface area contributed by atoms with E-state index in [9.17, 15) is 13.2 Å². The van der Waals surface area contributed by atoms with Crippen molar-refractivity contribution < 1.29 is 22.4 Å². The molecular weight excluding hydrogens is 475 g/mol. The van der Waals surface area contributed by atoms with Crippen molar-refractivity contribution in [2.24, 2.45) is 0 Å². The molecular formula is C24H26F3N7O2. The van der Waals surface area contributed by atoms with Gasteiger partial charge in [-0.25, -0.2) is 4.98 Å². The average molecular weight is 502 g/mol. The molecule has 36 heavy (non-hydrogen) atoms. The Bertz CT molecular complexity index is 1270. The Balaban J connectivity index is 1.39. The molecule has 0 amide bonds. The van der Waals surface area contributed by atoms with Gasteiger partial charge >= 0.3 is 6.36 Å². The van der Waals surface area contributed by atoms with E-state index >= 15 is 0 Å². The van der Waals surface area contributed by atoms with Gasteiger partial charge in [-0.3, -0.25) is 4.68 Å². The summed E-state index contributed by atoms with van der Waals surface area (Å²) >= 11 is 0. The normalized spacial score (nSPS) is 11.8. The third-order valence-corrected chi connectivity index (χ3v) is 5.22. The van der Waals surface area contributed by atoms with Crippen LogP contribution in [0.2, 0.25) is 0 Å². The summed E-state index contributed by atoms with van der Waals surface area (Å²) in [6.07, 6.45) is -1.91. The van der Waals surface area contributed by atoms with E-state index in [1.54, 1.807) is 0 Å². The largest absolute Gasteiger partial charge is 0.573 e. The number of nitrogens with zero attached hydrogens (tertiary/aromatic N) is 6. The summed E-state index contributed by atoms with van der Waals surface area (Å²) in [6.45, 7) is 4.29. The van der Waals surface area contributed by atoms with Gasteiger partial charge in [-0.05, 0) is 75.9 Å². The monoisotopic (exact) mass is 501 g/mol. The summed E-state index contributed by atoms with van der Waals surface area (Å²) in [5.41, 5.74) is 2.86. The minimum absolute atomic E-state index is 0.206. The third-order valence-electron chi connectivity index (χ3n) is 5.22. The minimum Gasteiger partial charge on any atom is -0.406 e. The topological polar surface area (TPSA) is 94.1 Å². The Morgan fingerprint density at radius 1 is 1.11 bits per heavy atom. The molecule has 9 nitrogen and oxygen atoms in total. The van der Waals surface area contributed by atoms with E-state index in [-0.39, 0.29) is 17.5 Å². The second-order valence-corrected chi connectivity index (χ2v) is 8.46. The molecule has 0 fully saturated rings. The standard InChI is InChI=1S/C24H26F3N7O2/c1-16-13-20(23-30-22(32-36-23)18-6-8-19(9-7-18)35-24(25,26)27)31-34(16)15-17-5-10-21(29-14-17)28-11-4-12-33(2)3/h5-10,13-14H,4,11-12,15H2,1-3H3,(H,28,29). The van der Waals surface area contributed by atoms with Crippen LogP contribution in [0.5, 0.6) is 5.75 Å². The Labute approximate surface area is 205 Å². The highest BCUT2D eigenvalue weighted by Crippen LogP contribution is 2.27. The number of aromatic nitrogens is 5. The Morgan fingerprint density at radius 2 is 1.89 bits per heavy atom. The number of aryl methyl sites for hydroxylation is 1. The molecule has 1 aromatic carbocycles. The fraction of sp³-hybridized carbons (Fsp3) is 0.333. The highest BCUT2D eigenvalue weighted by atomic mass is 19.4. The van der Waals surface area contributed by atoms with Gasteiger partial charge < -0.3 is 19.5 Å². The fourth-order valence-electron chi connectivity index (χ4n) is 3.43. The lowest BCUT2D eigenvalue weighted by atomic mass is 10.2. The molecule has 4 rings (SSSR count). The van der Waals surface area contributed by atoms with Crippen LogP contribution in [0, 0.1) is 6.92 Å². The molecule has 3 heterocycles. The van der Waals surface area contributed by atoms with Crippen LogP contribution in [-0.4, -0.2) is 63.4 Å². The lowest BCUT2D eigenvalue weighted by Crippen LogP contribution is -2.16. The number of nitrogens with one attached hydrogen (secondary N) is 1. The number of hydrogen-bond acceptors (Lipinski definition) is 8. The molecule has 0 radical (unpaired) electrons. The van der Waals surface area contributed by atoms with E-state index in [4.69, 9.17) is 4.52 Å². The second-order valence-electron chi connectivity index (χ2n) is 8.46. The summed E-state index contributed by atoms with van der Waals surface area (Å²) in [7, 11) is 4.10. The van der Waals surface area contributed by atoms with E-state index in [1.165, 1.54) is 24.3 Å². The van der Waals surface area contributed by atoms with Crippen molar-refractivity contribution >= 4 is 5.82 Å². The number of rotatable bonds is 10. The van der Waals surface area contributed by atoms with Gasteiger partial charge in [0.05, 0.1) is 6.54 Å². The van der Waals surface area contributed by atoms with E-state index in [1.807, 2.05) is 50.1 Å². The zero-order valence-corrected chi connectivity index (χ0v) is 20.1. The predicted molar refractivity (Wildman–Crippen MR) is 127 cm³/mol. The van der Waals surface area contributed by atoms with Crippen LogP contribution in [0.1, 0.15) is 17.7 Å². The number of hydrogen-bond donors (Lipinski definition) is 1. The molecule has 12 heteroatoms. The first kappa shape index (κ1) is 25.2. The van der Waals surface area contributed by atoms with Gasteiger partial charge in [-0.1, -0.05) is 11.2 Å². The third kappa shape index (κ3) is 6.81. The van der Waals surface area contributed by atoms with Gasteiger partial charge in [0, 0.05) is 24.0 Å². The van der Waals surface area contributed by atoms with Crippen LogP contribution >= 0.6 is 0 Å². The van der Waals surface area contributed by atoms with E-state index in [0.29, 0.717) is 17.8 Å². The maximum Gasteiger partial charge on any atom is 0.573 e.